The van der Waals surface area contributed by atoms with E-state index in [1.807, 2.05) is 28.1 Å². The molecule has 248 valence electrons. The zero-order valence-corrected chi connectivity index (χ0v) is 28.8. The Hall–Kier alpha value is -3.49. The van der Waals surface area contributed by atoms with E-state index in [0.29, 0.717) is 30.4 Å². The fraction of sp³-hybridized carbons (Fsp3) is 0.500. The molecule has 3 aromatic heterocycles. The molecule has 1 unspecified atom stereocenters. The van der Waals surface area contributed by atoms with Crippen molar-refractivity contribution in [2.45, 2.75) is 96.3 Å². The number of alkyl carbamates (subject to hydrolysis) is 1. The number of nitrogens with zero attached hydrogens (tertiary/aromatic N) is 4. The summed E-state index contributed by atoms with van der Waals surface area (Å²) in [6, 6.07) is 6.00. The van der Waals surface area contributed by atoms with E-state index < -0.39 is 31.5 Å². The number of benzene rings is 1. The van der Waals surface area contributed by atoms with Gasteiger partial charge in [0.25, 0.3) is 0 Å². The average molecular weight is 675 g/mol. The van der Waals surface area contributed by atoms with E-state index in [4.69, 9.17) is 9.47 Å². The Kier molecular flexibility index (Phi) is 9.80. The fourth-order valence-corrected chi connectivity index (χ4v) is 6.81. The van der Waals surface area contributed by atoms with Crippen molar-refractivity contribution in [3.63, 3.8) is 0 Å². The second-order valence-electron chi connectivity index (χ2n) is 13.8. The number of hydrogen-bond donors (Lipinski definition) is 2. The average Bonchev–Trinajstić information content (AvgIpc) is 3.70. The lowest BCUT2D eigenvalue weighted by Crippen LogP contribution is -2.45. The van der Waals surface area contributed by atoms with Gasteiger partial charge in [0, 0.05) is 61.2 Å². The van der Waals surface area contributed by atoms with Crippen molar-refractivity contribution in [3.05, 3.63) is 47.7 Å². The summed E-state index contributed by atoms with van der Waals surface area (Å²) in [5.41, 5.74) is 0.0809. The topological polar surface area (TPSA) is 103 Å². The van der Waals surface area contributed by atoms with Crippen LogP contribution in [0.4, 0.5) is 23.9 Å². The molecule has 0 aliphatic heterocycles. The Balaban J connectivity index is 1.50. The minimum atomic E-state index is -4.69. The molecule has 3 heterocycles. The second kappa shape index (κ2) is 13.3. The molecule has 14 heteroatoms. The minimum absolute atomic E-state index is 0.0533. The van der Waals surface area contributed by atoms with Crippen molar-refractivity contribution in [1.82, 2.24) is 24.8 Å². The molecule has 1 amide bonds. The van der Waals surface area contributed by atoms with Gasteiger partial charge < -0.3 is 24.7 Å². The number of ether oxygens (including phenoxy) is 2. The van der Waals surface area contributed by atoms with Crippen molar-refractivity contribution >= 4 is 42.4 Å². The van der Waals surface area contributed by atoms with Crippen LogP contribution >= 0.6 is 11.3 Å². The van der Waals surface area contributed by atoms with Gasteiger partial charge in [0.05, 0.1) is 17.3 Å². The van der Waals surface area contributed by atoms with E-state index in [1.54, 1.807) is 33.2 Å². The molecule has 1 fully saturated rings. The molecule has 0 bridgehead atoms. The summed E-state index contributed by atoms with van der Waals surface area (Å²) in [5, 5.41) is 9.38. The normalized spacial score (nSPS) is 17.4. The lowest BCUT2D eigenvalue weighted by Gasteiger charge is -2.25. The number of amides is 1. The molecule has 5 rings (SSSR count). The van der Waals surface area contributed by atoms with Gasteiger partial charge in [-0.2, -0.15) is 13.2 Å². The summed E-state index contributed by atoms with van der Waals surface area (Å²) in [5.74, 6) is 0.0533. The number of hydrogen-bond acceptors (Lipinski definition) is 8. The van der Waals surface area contributed by atoms with Gasteiger partial charge in [0.1, 0.15) is 22.9 Å². The maximum atomic E-state index is 14.4. The number of halogens is 3. The number of fused-ring (bicyclic) bond motifs is 1. The van der Waals surface area contributed by atoms with E-state index in [2.05, 4.69) is 45.2 Å². The first-order valence-corrected chi connectivity index (χ1v) is 20.0. The third-order valence-corrected chi connectivity index (χ3v) is 10.2. The van der Waals surface area contributed by atoms with Gasteiger partial charge in [-0.15, -0.1) is 11.3 Å². The smallest absolute Gasteiger partial charge is 0.419 e. The van der Waals surface area contributed by atoms with Crippen LogP contribution in [0.15, 0.2) is 42.2 Å². The molecule has 1 aliphatic carbocycles. The van der Waals surface area contributed by atoms with Crippen LogP contribution in [-0.4, -0.2) is 58.0 Å². The Morgan fingerprint density at radius 3 is 2.57 bits per heavy atom. The van der Waals surface area contributed by atoms with Gasteiger partial charge in [-0.25, -0.2) is 19.7 Å². The predicted molar refractivity (Wildman–Crippen MR) is 178 cm³/mol. The summed E-state index contributed by atoms with van der Waals surface area (Å²) in [6.07, 6.45) is 1.19. The molecule has 1 aliphatic rings. The molecular formula is C32H41F3N6O3SSi. The van der Waals surface area contributed by atoms with E-state index in [0.717, 1.165) is 34.7 Å². The monoisotopic (exact) mass is 674 g/mol. The number of anilines is 1. The highest BCUT2D eigenvalue weighted by Crippen LogP contribution is 2.40. The van der Waals surface area contributed by atoms with Crippen LogP contribution < -0.4 is 10.6 Å². The molecule has 1 aromatic carbocycles. The van der Waals surface area contributed by atoms with Crippen molar-refractivity contribution in [2.24, 2.45) is 0 Å². The van der Waals surface area contributed by atoms with Crippen LogP contribution in [0.2, 0.25) is 25.7 Å². The Labute approximate surface area is 272 Å². The number of aromatic nitrogens is 4. The van der Waals surface area contributed by atoms with Crippen LogP contribution in [0.25, 0.3) is 32.7 Å². The van der Waals surface area contributed by atoms with Crippen molar-refractivity contribution in [2.75, 3.05) is 11.9 Å². The third-order valence-electron chi connectivity index (χ3n) is 7.67. The lowest BCUT2D eigenvalue weighted by molar-refractivity contribution is -0.137. The van der Waals surface area contributed by atoms with Gasteiger partial charge in [0.2, 0.25) is 5.95 Å². The zero-order chi connectivity index (χ0) is 33.3. The molecule has 0 radical (unpaired) electrons. The third kappa shape index (κ3) is 8.45. The van der Waals surface area contributed by atoms with Crippen LogP contribution in [0.1, 0.15) is 45.6 Å². The molecule has 9 nitrogen and oxygen atoms in total. The number of nitrogens with one attached hydrogen (secondary N) is 2. The van der Waals surface area contributed by atoms with Gasteiger partial charge in [-0.1, -0.05) is 31.8 Å². The zero-order valence-electron chi connectivity index (χ0n) is 27.0. The van der Waals surface area contributed by atoms with E-state index in [9.17, 15) is 18.0 Å². The van der Waals surface area contributed by atoms with Crippen LogP contribution in [0, 0.1) is 0 Å². The summed E-state index contributed by atoms with van der Waals surface area (Å²) in [7, 11) is -1.34. The lowest BCUT2D eigenvalue weighted by atomic mass is 10.0. The molecule has 1 saturated carbocycles. The molecule has 4 aromatic rings. The standard InChI is InChI=1S/C32H41F3N6O3SSi/c1-31(2,3)44-30(42)39-25-9-7-8-24(25)38-29-37-17-23(32(33,34)35)27(40-29)22-18-41(19-43-13-15-46(4,5)6)26-16-20(10-11-21(22)26)28-36-12-14-45-28/h10-12,14,16-18,24-25H,7-9,13,15,19H2,1-6H3,(H,39,42)(H,37,38,40)/t24-,25?/m0/s1. The first-order chi connectivity index (χ1) is 21.6. The first kappa shape index (κ1) is 33.9. The van der Waals surface area contributed by atoms with E-state index >= 15 is 0 Å². The van der Waals surface area contributed by atoms with E-state index in [-0.39, 0.29) is 30.5 Å². The largest absolute Gasteiger partial charge is 0.444 e. The number of thiazole rings is 1. The maximum absolute atomic E-state index is 14.4. The van der Waals surface area contributed by atoms with Gasteiger partial charge in [-0.3, -0.25) is 0 Å². The van der Waals surface area contributed by atoms with Crippen LogP contribution in [0.3, 0.4) is 0 Å². The van der Waals surface area contributed by atoms with E-state index in [1.165, 1.54) is 11.3 Å². The molecule has 46 heavy (non-hydrogen) atoms. The first-order valence-electron chi connectivity index (χ1n) is 15.4. The SMILES string of the molecule is CC(C)(C)OC(=O)NC1CCC[C@@H]1Nc1ncc(C(F)(F)F)c(-c2cn(COCC[Si](C)(C)C)c3cc(-c4nccs4)ccc23)n1. The summed E-state index contributed by atoms with van der Waals surface area (Å²) < 4.78 is 56.6. The molecule has 0 spiro atoms. The quantitative estimate of drug-likeness (QED) is 0.129. The van der Waals surface area contributed by atoms with Crippen molar-refractivity contribution in [3.8, 4) is 21.8 Å². The number of carbonyl (C=O) groups excluding carboxylic acids is 1. The van der Waals surface area contributed by atoms with Crippen LogP contribution in [0.5, 0.6) is 0 Å². The molecule has 2 atom stereocenters. The molecular weight excluding hydrogens is 634 g/mol. The highest BCUT2D eigenvalue weighted by Gasteiger charge is 2.37. The highest BCUT2D eigenvalue weighted by atomic mass is 32.1. The summed E-state index contributed by atoms with van der Waals surface area (Å²) in [4.78, 5) is 25.4. The van der Waals surface area contributed by atoms with Crippen molar-refractivity contribution in [1.29, 1.82) is 0 Å². The minimum Gasteiger partial charge on any atom is -0.444 e. The Bertz CT molecular complexity index is 1660. The Morgan fingerprint density at radius 1 is 1.13 bits per heavy atom. The fourth-order valence-electron chi connectivity index (χ4n) is 5.42. The maximum Gasteiger partial charge on any atom is 0.419 e. The summed E-state index contributed by atoms with van der Waals surface area (Å²) in [6.45, 7) is 12.9. The number of rotatable bonds is 10. The summed E-state index contributed by atoms with van der Waals surface area (Å²) >= 11 is 1.49. The van der Waals surface area contributed by atoms with Gasteiger partial charge in [-0.05, 0) is 52.1 Å². The second-order valence-corrected chi connectivity index (χ2v) is 20.3. The molecule has 0 saturated heterocycles. The number of carbonyl (C=O) groups is 1. The highest BCUT2D eigenvalue weighted by molar-refractivity contribution is 7.13. The molecule has 2 N–H and O–H groups in total. The van der Waals surface area contributed by atoms with Gasteiger partial charge in [0.15, 0.2) is 0 Å². The van der Waals surface area contributed by atoms with Crippen molar-refractivity contribution < 1.29 is 27.4 Å². The predicted octanol–water partition coefficient (Wildman–Crippen LogP) is 8.41. The number of alkyl halides is 3. The van der Waals surface area contributed by atoms with Crippen LogP contribution in [-0.2, 0) is 22.4 Å². The Morgan fingerprint density at radius 2 is 1.89 bits per heavy atom. The van der Waals surface area contributed by atoms with Gasteiger partial charge >= 0.3 is 12.3 Å².